The van der Waals surface area contributed by atoms with Gasteiger partial charge in [-0.1, -0.05) is 48.0 Å². The van der Waals surface area contributed by atoms with E-state index in [2.05, 4.69) is 29.2 Å². The van der Waals surface area contributed by atoms with Crippen LogP contribution in [-0.4, -0.2) is 60.9 Å². The molecule has 2 saturated heterocycles. The highest BCUT2D eigenvalue weighted by molar-refractivity contribution is 6.35. The quantitative estimate of drug-likeness (QED) is 0.707. The Labute approximate surface area is 183 Å². The minimum Gasteiger partial charge on any atom is -0.368 e. The number of piperidine rings is 1. The highest BCUT2D eigenvalue weighted by Crippen LogP contribution is 2.23. The molecule has 0 aromatic heterocycles. The van der Waals surface area contributed by atoms with Gasteiger partial charge in [0.1, 0.15) is 0 Å². The number of nitrogens with zero attached hydrogens (tertiary/aromatic N) is 3. The maximum Gasteiger partial charge on any atom is 0.312 e. The molecule has 158 valence electrons. The van der Waals surface area contributed by atoms with Crippen molar-refractivity contribution in [3.8, 4) is 0 Å². The highest BCUT2D eigenvalue weighted by Gasteiger charge is 2.31. The first kappa shape index (κ1) is 20.7. The fourth-order valence-electron chi connectivity index (χ4n) is 4.40. The van der Waals surface area contributed by atoms with Crippen molar-refractivity contribution in [2.24, 2.45) is 5.92 Å². The van der Waals surface area contributed by atoms with Gasteiger partial charge < -0.3 is 14.7 Å². The summed E-state index contributed by atoms with van der Waals surface area (Å²) in [4.78, 5) is 31.2. The van der Waals surface area contributed by atoms with Gasteiger partial charge in [0.05, 0.1) is 0 Å². The fourth-order valence-corrected chi connectivity index (χ4v) is 4.58. The van der Waals surface area contributed by atoms with Crippen LogP contribution in [0.1, 0.15) is 18.4 Å². The second-order valence-electron chi connectivity index (χ2n) is 8.18. The number of halogens is 1. The summed E-state index contributed by atoms with van der Waals surface area (Å²) in [5, 5.41) is 0.705. The van der Waals surface area contributed by atoms with E-state index < -0.39 is 0 Å². The zero-order valence-corrected chi connectivity index (χ0v) is 17.9. The number of anilines is 1. The molecule has 0 unspecified atom stereocenters. The van der Waals surface area contributed by atoms with Crippen LogP contribution in [-0.2, 0) is 16.0 Å². The van der Waals surface area contributed by atoms with Crippen LogP contribution < -0.4 is 4.90 Å². The molecular formula is C24H28ClN3O2. The second-order valence-corrected chi connectivity index (χ2v) is 8.62. The number of carbonyl (C=O) groups excluding carboxylic acids is 2. The summed E-state index contributed by atoms with van der Waals surface area (Å²) in [6.45, 7) is 3.87. The molecule has 0 spiro atoms. The first-order valence-corrected chi connectivity index (χ1v) is 11.1. The molecule has 6 heteroatoms. The monoisotopic (exact) mass is 425 g/mol. The van der Waals surface area contributed by atoms with Gasteiger partial charge in [0.25, 0.3) is 0 Å². The van der Waals surface area contributed by atoms with Crippen molar-refractivity contribution in [2.45, 2.75) is 19.3 Å². The lowest BCUT2D eigenvalue weighted by Gasteiger charge is -2.37. The Hall–Kier alpha value is -2.53. The SMILES string of the molecule is O=C(C(=O)N1CCN(c2cccc(Cl)c2)CC1)N1CCC(Cc2ccccc2)CC1. The Balaban J connectivity index is 1.25. The number of hydrogen-bond donors (Lipinski definition) is 0. The van der Waals surface area contributed by atoms with E-state index >= 15 is 0 Å². The summed E-state index contributed by atoms with van der Waals surface area (Å²) < 4.78 is 0. The number of hydrogen-bond acceptors (Lipinski definition) is 3. The summed E-state index contributed by atoms with van der Waals surface area (Å²) in [5.41, 5.74) is 2.40. The van der Waals surface area contributed by atoms with Crippen molar-refractivity contribution in [3.05, 3.63) is 65.2 Å². The van der Waals surface area contributed by atoms with Crippen molar-refractivity contribution < 1.29 is 9.59 Å². The average Bonchev–Trinajstić information content (AvgIpc) is 2.79. The lowest BCUT2D eigenvalue weighted by atomic mass is 9.90. The van der Waals surface area contributed by atoms with E-state index in [1.807, 2.05) is 30.3 Å². The first-order valence-electron chi connectivity index (χ1n) is 10.7. The normalized spacial score (nSPS) is 17.8. The van der Waals surface area contributed by atoms with Gasteiger partial charge in [-0.25, -0.2) is 0 Å². The van der Waals surface area contributed by atoms with Gasteiger partial charge >= 0.3 is 11.8 Å². The molecule has 2 heterocycles. The van der Waals surface area contributed by atoms with Crippen molar-refractivity contribution in [1.29, 1.82) is 0 Å². The molecule has 2 aliphatic rings. The zero-order valence-electron chi connectivity index (χ0n) is 17.2. The molecule has 4 rings (SSSR count). The molecule has 0 radical (unpaired) electrons. The Kier molecular flexibility index (Phi) is 6.58. The van der Waals surface area contributed by atoms with Crippen molar-refractivity contribution in [2.75, 3.05) is 44.2 Å². The van der Waals surface area contributed by atoms with E-state index in [0.29, 0.717) is 50.2 Å². The number of piperazine rings is 1. The molecule has 0 atom stereocenters. The fraction of sp³-hybridized carbons (Fsp3) is 0.417. The number of rotatable bonds is 3. The minimum absolute atomic E-state index is 0.343. The van der Waals surface area contributed by atoms with Crippen LogP contribution in [0.15, 0.2) is 54.6 Å². The van der Waals surface area contributed by atoms with Crippen LogP contribution in [0.5, 0.6) is 0 Å². The standard InChI is InChI=1S/C24H28ClN3O2/c25-21-7-4-8-22(18-21)26-13-15-28(16-14-26)24(30)23(29)27-11-9-20(10-12-27)17-19-5-2-1-3-6-19/h1-8,18,20H,9-17H2. The van der Waals surface area contributed by atoms with Crippen LogP contribution in [0.2, 0.25) is 5.02 Å². The largest absolute Gasteiger partial charge is 0.368 e. The molecule has 0 saturated carbocycles. The third-order valence-corrected chi connectivity index (χ3v) is 6.43. The van der Waals surface area contributed by atoms with Crippen molar-refractivity contribution >= 4 is 29.1 Å². The maximum absolute atomic E-state index is 12.8. The third-order valence-electron chi connectivity index (χ3n) is 6.19. The smallest absolute Gasteiger partial charge is 0.312 e. The molecule has 2 aliphatic heterocycles. The van der Waals surface area contributed by atoms with Gasteiger partial charge in [0.15, 0.2) is 0 Å². The van der Waals surface area contributed by atoms with Gasteiger partial charge in [-0.05, 0) is 48.9 Å². The van der Waals surface area contributed by atoms with Crippen LogP contribution >= 0.6 is 11.6 Å². The lowest BCUT2D eigenvalue weighted by Crippen LogP contribution is -2.54. The summed E-state index contributed by atoms with van der Waals surface area (Å²) in [5.74, 6) is -0.126. The van der Waals surface area contributed by atoms with Gasteiger partial charge in [-0.15, -0.1) is 0 Å². The average molecular weight is 426 g/mol. The Morgan fingerprint density at radius 3 is 2.07 bits per heavy atom. The molecule has 2 aromatic carbocycles. The topological polar surface area (TPSA) is 43.9 Å². The predicted octanol–water partition coefficient (Wildman–Crippen LogP) is 3.47. The maximum atomic E-state index is 12.8. The number of likely N-dealkylation sites (tertiary alicyclic amines) is 1. The van der Waals surface area contributed by atoms with Crippen LogP contribution in [0, 0.1) is 5.92 Å². The van der Waals surface area contributed by atoms with Crippen molar-refractivity contribution in [1.82, 2.24) is 9.80 Å². The number of carbonyl (C=O) groups is 2. The van der Waals surface area contributed by atoms with E-state index in [-0.39, 0.29) is 11.8 Å². The first-order chi connectivity index (χ1) is 14.6. The van der Waals surface area contributed by atoms with E-state index in [1.165, 1.54) is 5.56 Å². The number of amides is 2. The summed E-state index contributed by atoms with van der Waals surface area (Å²) >= 11 is 6.08. The van der Waals surface area contributed by atoms with Crippen molar-refractivity contribution in [3.63, 3.8) is 0 Å². The zero-order chi connectivity index (χ0) is 20.9. The van der Waals surface area contributed by atoms with E-state index in [9.17, 15) is 9.59 Å². The minimum atomic E-state index is -0.359. The summed E-state index contributed by atoms with van der Waals surface area (Å²) in [6.07, 6.45) is 2.95. The van der Waals surface area contributed by atoms with Crippen LogP contribution in [0.25, 0.3) is 0 Å². The number of benzene rings is 2. The highest BCUT2D eigenvalue weighted by atomic mass is 35.5. The molecule has 2 aromatic rings. The van der Waals surface area contributed by atoms with E-state index in [4.69, 9.17) is 11.6 Å². The van der Waals surface area contributed by atoms with Gasteiger partial charge in [-0.3, -0.25) is 9.59 Å². The third kappa shape index (κ3) is 4.96. The van der Waals surface area contributed by atoms with Crippen LogP contribution in [0.3, 0.4) is 0 Å². The molecule has 0 aliphatic carbocycles. The Morgan fingerprint density at radius 1 is 0.800 bits per heavy atom. The molecule has 2 fully saturated rings. The Morgan fingerprint density at radius 2 is 1.43 bits per heavy atom. The second kappa shape index (κ2) is 9.52. The van der Waals surface area contributed by atoms with Gasteiger partial charge in [0.2, 0.25) is 0 Å². The molecule has 0 N–H and O–H groups in total. The van der Waals surface area contributed by atoms with E-state index in [0.717, 1.165) is 24.9 Å². The van der Waals surface area contributed by atoms with Gasteiger partial charge in [-0.2, -0.15) is 0 Å². The summed E-state index contributed by atoms with van der Waals surface area (Å²) in [6, 6.07) is 18.2. The van der Waals surface area contributed by atoms with Crippen LogP contribution in [0.4, 0.5) is 5.69 Å². The molecule has 30 heavy (non-hydrogen) atoms. The molecule has 5 nitrogen and oxygen atoms in total. The van der Waals surface area contributed by atoms with E-state index in [1.54, 1.807) is 9.80 Å². The lowest BCUT2D eigenvalue weighted by molar-refractivity contribution is -0.152. The van der Waals surface area contributed by atoms with Gasteiger partial charge in [0, 0.05) is 50.0 Å². The molecule has 2 amide bonds. The predicted molar refractivity (Wildman–Crippen MR) is 120 cm³/mol. The molecular weight excluding hydrogens is 398 g/mol. The molecule has 0 bridgehead atoms. The summed E-state index contributed by atoms with van der Waals surface area (Å²) in [7, 11) is 0. The Bertz CT molecular complexity index is 873.